The molecule has 0 aliphatic heterocycles. The summed E-state index contributed by atoms with van der Waals surface area (Å²) in [5.41, 5.74) is 0. The van der Waals surface area contributed by atoms with Crippen molar-refractivity contribution in [1.82, 2.24) is 5.32 Å². The molecule has 0 aromatic carbocycles. The summed E-state index contributed by atoms with van der Waals surface area (Å²) in [7, 11) is 0. The van der Waals surface area contributed by atoms with Crippen molar-refractivity contribution in [3.63, 3.8) is 0 Å². The van der Waals surface area contributed by atoms with Crippen LogP contribution in [0.3, 0.4) is 0 Å². The summed E-state index contributed by atoms with van der Waals surface area (Å²) in [5, 5.41) is 13.7. The summed E-state index contributed by atoms with van der Waals surface area (Å²) in [6.45, 7) is 0.702. The van der Waals surface area contributed by atoms with E-state index < -0.39 is 0 Å². The molecule has 0 aliphatic rings. The van der Waals surface area contributed by atoms with Crippen LogP contribution in [-0.4, -0.2) is 43.8 Å². The van der Waals surface area contributed by atoms with E-state index in [4.69, 9.17) is 5.11 Å². The number of thiol groups is 1. The Balaban J connectivity index is 3.11. The maximum absolute atomic E-state index is 11.2. The van der Waals surface area contributed by atoms with Crippen LogP contribution in [0.2, 0.25) is 0 Å². The molecule has 0 unspecified atom stereocenters. The predicted octanol–water partition coefficient (Wildman–Crippen LogP) is 2.38. The van der Waals surface area contributed by atoms with Crippen LogP contribution in [0, 0.1) is 0 Å². The summed E-state index contributed by atoms with van der Waals surface area (Å²) in [4.78, 5) is 11.2. The van der Waals surface area contributed by atoms with Crippen molar-refractivity contribution < 1.29 is 9.90 Å². The summed E-state index contributed by atoms with van der Waals surface area (Å²) in [6, 6.07) is 0. The number of carbonyl (C=O) groups is 1. The fourth-order valence-corrected chi connectivity index (χ4v) is 3.95. The van der Waals surface area contributed by atoms with E-state index in [-0.39, 0.29) is 11.2 Å². The van der Waals surface area contributed by atoms with Crippen molar-refractivity contribution in [1.29, 1.82) is 0 Å². The summed E-state index contributed by atoms with van der Waals surface area (Å²) in [6.07, 6.45) is 0. The van der Waals surface area contributed by atoms with Crippen LogP contribution in [0.25, 0.3) is 0 Å². The molecule has 0 heterocycles. The van der Waals surface area contributed by atoms with Gasteiger partial charge in [0.15, 0.2) is 0 Å². The quantitative estimate of drug-likeness (QED) is 0.345. The van der Waals surface area contributed by atoms with Gasteiger partial charge in [-0.15, -0.1) is 35.3 Å². The molecule has 8 heteroatoms. The topological polar surface area (TPSA) is 49.3 Å². The highest BCUT2D eigenvalue weighted by Crippen LogP contribution is 2.17. The van der Waals surface area contributed by atoms with Gasteiger partial charge in [-0.2, -0.15) is 12.6 Å². The second kappa shape index (κ2) is 13.2. The van der Waals surface area contributed by atoms with Gasteiger partial charge in [0.05, 0.1) is 5.94 Å². The monoisotopic (exact) mass is 305 g/mol. The molecule has 1 amide bonds. The summed E-state index contributed by atoms with van der Waals surface area (Å²) < 4.78 is 0. The highest BCUT2D eigenvalue weighted by Gasteiger charge is 2.00. The lowest BCUT2D eigenvalue weighted by Gasteiger charge is -2.03. The Morgan fingerprint density at radius 2 is 2.07 bits per heavy atom. The molecule has 0 aromatic heterocycles. The van der Waals surface area contributed by atoms with Crippen LogP contribution in [0.15, 0.2) is 0 Å². The van der Waals surface area contributed by atoms with E-state index in [1.165, 1.54) is 23.5 Å². The molecular weight excluding hydrogens is 290 g/mol. The molecule has 0 atom stereocenters. The van der Waals surface area contributed by atoms with Crippen molar-refractivity contribution in [2.75, 3.05) is 33.5 Å². The molecule has 0 fully saturated rings. The lowest BCUT2D eigenvalue weighted by atomic mass is 10.8. The summed E-state index contributed by atoms with van der Waals surface area (Å²) in [5.74, 6) is 1.05. The van der Waals surface area contributed by atoms with Gasteiger partial charge in [-0.05, 0) is 0 Å². The van der Waals surface area contributed by atoms with E-state index in [9.17, 15) is 4.79 Å². The first kappa shape index (κ1) is 16.2. The Kier molecular flexibility index (Phi) is 14.3. The zero-order chi connectivity index (χ0) is 11.4. The number of hydrogen-bond acceptors (Lipinski definition) is 7. The molecule has 0 saturated carbocycles. The third-order valence-corrected chi connectivity index (χ3v) is 5.42. The van der Waals surface area contributed by atoms with Crippen molar-refractivity contribution in [3.05, 3.63) is 0 Å². The van der Waals surface area contributed by atoms with Crippen molar-refractivity contribution >= 4 is 64.9 Å². The highest BCUT2D eigenvalue weighted by molar-refractivity contribution is 8.27. The molecule has 15 heavy (non-hydrogen) atoms. The third-order valence-electron chi connectivity index (χ3n) is 1.14. The predicted molar refractivity (Wildman–Crippen MR) is 79.3 cm³/mol. The number of aliphatic hydroxyl groups is 1. The number of rotatable bonds is 9. The zero-order valence-corrected chi connectivity index (χ0v) is 12.3. The van der Waals surface area contributed by atoms with Gasteiger partial charge in [0, 0.05) is 27.6 Å². The van der Waals surface area contributed by atoms with Gasteiger partial charge < -0.3 is 10.4 Å². The highest BCUT2D eigenvalue weighted by atomic mass is 32.2. The van der Waals surface area contributed by atoms with Gasteiger partial charge in [0.2, 0.25) is 0 Å². The molecule has 0 rings (SSSR count). The summed E-state index contributed by atoms with van der Waals surface area (Å²) >= 11 is 10.1. The van der Waals surface area contributed by atoms with Gasteiger partial charge in [0.25, 0.3) is 5.24 Å². The maximum Gasteiger partial charge on any atom is 0.279 e. The molecule has 0 spiro atoms. The second-order valence-corrected chi connectivity index (χ2v) is 7.64. The van der Waals surface area contributed by atoms with E-state index in [1.54, 1.807) is 23.5 Å². The number of amides is 1. The molecule has 90 valence electrons. The van der Waals surface area contributed by atoms with Crippen LogP contribution in [-0.2, 0) is 0 Å². The van der Waals surface area contributed by atoms with Gasteiger partial charge in [0.1, 0.15) is 0 Å². The van der Waals surface area contributed by atoms with Gasteiger partial charge in [-0.25, -0.2) is 0 Å². The van der Waals surface area contributed by atoms with E-state index in [0.29, 0.717) is 6.54 Å². The standard InChI is InChI=1S/C7H15NO2S5/c9-3-13-5-14-6-15-7(10)8-1-2-12-4-11/h9,11H,1-6H2,(H,8,10). The van der Waals surface area contributed by atoms with Gasteiger partial charge in [-0.1, -0.05) is 11.8 Å². The van der Waals surface area contributed by atoms with Crippen LogP contribution in [0.5, 0.6) is 0 Å². The second-order valence-electron chi connectivity index (χ2n) is 2.17. The Labute approximate surface area is 113 Å². The first-order chi connectivity index (χ1) is 7.31. The van der Waals surface area contributed by atoms with Gasteiger partial charge >= 0.3 is 0 Å². The fraction of sp³-hybridized carbons (Fsp3) is 0.857. The number of carbonyl (C=O) groups excluding carboxylic acids is 1. The number of thioether (sulfide) groups is 4. The Morgan fingerprint density at radius 3 is 2.73 bits per heavy atom. The fourth-order valence-electron chi connectivity index (χ4n) is 0.566. The van der Waals surface area contributed by atoms with Crippen LogP contribution in [0.1, 0.15) is 0 Å². The molecule has 0 saturated heterocycles. The van der Waals surface area contributed by atoms with Crippen molar-refractivity contribution in [2.45, 2.75) is 0 Å². The van der Waals surface area contributed by atoms with Crippen LogP contribution >= 0.6 is 59.7 Å². The van der Waals surface area contributed by atoms with E-state index >= 15 is 0 Å². The van der Waals surface area contributed by atoms with E-state index in [1.807, 2.05) is 0 Å². The maximum atomic E-state index is 11.2. The minimum Gasteiger partial charge on any atom is -0.386 e. The first-order valence-electron chi connectivity index (χ1n) is 4.16. The van der Waals surface area contributed by atoms with Gasteiger partial charge in [-0.3, -0.25) is 4.79 Å². The smallest absolute Gasteiger partial charge is 0.279 e. The Morgan fingerprint density at radius 1 is 1.27 bits per heavy atom. The average molecular weight is 306 g/mol. The first-order valence-corrected chi connectivity index (χ1v) is 9.25. The van der Waals surface area contributed by atoms with Crippen LogP contribution in [0.4, 0.5) is 4.79 Å². The lowest BCUT2D eigenvalue weighted by molar-refractivity contribution is 0.261. The zero-order valence-electron chi connectivity index (χ0n) is 8.18. The molecule has 0 aliphatic carbocycles. The molecule has 0 radical (unpaired) electrons. The molecule has 3 nitrogen and oxygen atoms in total. The van der Waals surface area contributed by atoms with E-state index in [2.05, 4.69) is 17.9 Å². The minimum absolute atomic E-state index is 0.0243. The minimum atomic E-state index is 0.0243. The Bertz CT molecular complexity index is 160. The number of aliphatic hydroxyl groups excluding tert-OH is 1. The largest absolute Gasteiger partial charge is 0.386 e. The van der Waals surface area contributed by atoms with Crippen molar-refractivity contribution in [3.8, 4) is 0 Å². The lowest BCUT2D eigenvalue weighted by Crippen LogP contribution is -2.21. The normalized spacial score (nSPS) is 10.3. The third kappa shape index (κ3) is 13.1. The van der Waals surface area contributed by atoms with Crippen LogP contribution < -0.4 is 5.32 Å². The van der Waals surface area contributed by atoms with Crippen molar-refractivity contribution in [2.24, 2.45) is 0 Å². The number of hydrogen-bond donors (Lipinski definition) is 3. The average Bonchev–Trinajstić information content (AvgIpc) is 2.24. The van der Waals surface area contributed by atoms with E-state index in [0.717, 1.165) is 21.0 Å². The number of nitrogens with one attached hydrogen (secondary N) is 1. The molecule has 2 N–H and O–H groups in total. The Hall–Kier alpha value is 1.18. The SMILES string of the molecule is O=C(NCCSCS)SCSCSCO. The molecule has 0 aromatic rings. The molecule has 0 bridgehead atoms. The molecular formula is C7H15NO2S5.